The van der Waals surface area contributed by atoms with Crippen molar-refractivity contribution in [1.82, 2.24) is 10.2 Å². The van der Waals surface area contributed by atoms with Crippen LogP contribution in [0, 0.1) is 5.92 Å². The first-order valence-electron chi connectivity index (χ1n) is 8.96. The van der Waals surface area contributed by atoms with Gasteiger partial charge in [0, 0.05) is 13.1 Å². The minimum absolute atomic E-state index is 0.00322. The lowest BCUT2D eigenvalue weighted by Crippen LogP contribution is -2.58. The molecule has 1 saturated carbocycles. The van der Waals surface area contributed by atoms with Crippen molar-refractivity contribution in [2.75, 3.05) is 26.2 Å². The van der Waals surface area contributed by atoms with Crippen molar-refractivity contribution in [2.24, 2.45) is 5.92 Å². The van der Waals surface area contributed by atoms with E-state index in [4.69, 9.17) is 0 Å². The molecule has 0 aromatic rings. The van der Waals surface area contributed by atoms with Crippen LogP contribution in [-0.4, -0.2) is 53.6 Å². The van der Waals surface area contributed by atoms with E-state index in [1.807, 2.05) is 6.92 Å². The highest BCUT2D eigenvalue weighted by Gasteiger charge is 2.58. The second kappa shape index (κ2) is 7.88. The molecule has 2 rings (SSSR count). The average Bonchev–Trinajstić information content (AvgIpc) is 2.54. The lowest BCUT2D eigenvalue weighted by Gasteiger charge is -2.37. The first-order valence-corrected chi connectivity index (χ1v) is 8.96. The van der Waals surface area contributed by atoms with Crippen molar-refractivity contribution in [2.45, 2.75) is 69.8 Å². The molecule has 134 valence electrons. The standard InChI is InChI=1S/C17H30F2N2O2/c1-14(13-21-10-6-3-7-11-21)12-20-15(22)17(18,19)16(23)8-4-2-5-9-16/h14,23H,2-13H2,1H3,(H,20,22)/t14-/m1/s1. The molecule has 0 aromatic carbocycles. The summed E-state index contributed by atoms with van der Waals surface area (Å²) >= 11 is 0. The van der Waals surface area contributed by atoms with Crippen LogP contribution in [0.25, 0.3) is 0 Å². The molecule has 2 N–H and O–H groups in total. The molecule has 1 amide bonds. The van der Waals surface area contributed by atoms with Crippen molar-refractivity contribution in [3.8, 4) is 0 Å². The number of carbonyl (C=O) groups excluding carboxylic acids is 1. The number of alkyl halides is 2. The van der Waals surface area contributed by atoms with E-state index >= 15 is 0 Å². The third kappa shape index (κ3) is 4.63. The predicted octanol–water partition coefficient (Wildman–Crippen LogP) is 2.56. The van der Waals surface area contributed by atoms with Gasteiger partial charge in [0.1, 0.15) is 5.60 Å². The maximum atomic E-state index is 14.3. The van der Waals surface area contributed by atoms with E-state index in [0.717, 1.165) is 26.1 Å². The van der Waals surface area contributed by atoms with Crippen LogP contribution >= 0.6 is 0 Å². The number of nitrogens with zero attached hydrogens (tertiary/aromatic N) is 1. The van der Waals surface area contributed by atoms with E-state index in [9.17, 15) is 18.7 Å². The normalized spacial score (nSPS) is 24.2. The van der Waals surface area contributed by atoms with Gasteiger partial charge in [0.25, 0.3) is 5.91 Å². The number of hydrogen-bond acceptors (Lipinski definition) is 3. The van der Waals surface area contributed by atoms with E-state index in [1.165, 1.54) is 19.3 Å². The van der Waals surface area contributed by atoms with E-state index < -0.39 is 17.4 Å². The molecule has 2 aliphatic rings. The second-order valence-electron chi connectivity index (χ2n) is 7.34. The Morgan fingerprint density at radius 2 is 1.74 bits per heavy atom. The van der Waals surface area contributed by atoms with E-state index in [1.54, 1.807) is 0 Å². The molecule has 0 spiro atoms. The van der Waals surface area contributed by atoms with Gasteiger partial charge in [0.15, 0.2) is 0 Å². The number of piperidine rings is 1. The molecule has 0 unspecified atom stereocenters. The fraction of sp³-hybridized carbons (Fsp3) is 0.941. The number of aliphatic hydroxyl groups is 1. The fourth-order valence-corrected chi connectivity index (χ4v) is 3.69. The molecule has 0 radical (unpaired) electrons. The summed E-state index contributed by atoms with van der Waals surface area (Å²) < 4.78 is 28.6. The van der Waals surface area contributed by atoms with Crippen molar-refractivity contribution >= 4 is 5.91 Å². The van der Waals surface area contributed by atoms with E-state index in [2.05, 4.69) is 10.2 Å². The minimum Gasteiger partial charge on any atom is -0.383 e. The Morgan fingerprint density at radius 1 is 1.17 bits per heavy atom. The zero-order chi connectivity index (χ0) is 16.9. The Kier molecular flexibility index (Phi) is 6.37. The number of nitrogens with one attached hydrogen (secondary N) is 1. The van der Waals surface area contributed by atoms with Gasteiger partial charge in [0.05, 0.1) is 0 Å². The zero-order valence-corrected chi connectivity index (χ0v) is 14.1. The fourth-order valence-electron chi connectivity index (χ4n) is 3.69. The second-order valence-corrected chi connectivity index (χ2v) is 7.34. The third-order valence-corrected chi connectivity index (χ3v) is 5.18. The quantitative estimate of drug-likeness (QED) is 0.786. The summed E-state index contributed by atoms with van der Waals surface area (Å²) in [5.41, 5.74) is -2.18. The number of hydrogen-bond donors (Lipinski definition) is 2. The van der Waals surface area contributed by atoms with Crippen LogP contribution in [0.15, 0.2) is 0 Å². The molecule has 1 aliphatic carbocycles. The number of amides is 1. The van der Waals surface area contributed by atoms with E-state index in [0.29, 0.717) is 12.8 Å². The molecule has 4 nitrogen and oxygen atoms in total. The average molecular weight is 332 g/mol. The predicted molar refractivity (Wildman–Crippen MR) is 85.4 cm³/mol. The molecule has 6 heteroatoms. The molecular weight excluding hydrogens is 302 g/mol. The minimum atomic E-state index is -3.71. The summed E-state index contributed by atoms with van der Waals surface area (Å²) in [6.45, 7) is 5.10. The van der Waals surface area contributed by atoms with Gasteiger partial charge in [-0.3, -0.25) is 4.79 Å². The number of likely N-dealkylation sites (tertiary alicyclic amines) is 1. The molecule has 1 heterocycles. The monoisotopic (exact) mass is 332 g/mol. The van der Waals surface area contributed by atoms with E-state index in [-0.39, 0.29) is 25.3 Å². The number of rotatable bonds is 6. The first-order chi connectivity index (χ1) is 10.8. The Hall–Kier alpha value is -0.750. The molecule has 1 atom stereocenters. The largest absolute Gasteiger partial charge is 0.383 e. The van der Waals surface area contributed by atoms with Gasteiger partial charge in [-0.2, -0.15) is 8.78 Å². The summed E-state index contributed by atoms with van der Waals surface area (Å²) in [6.07, 6.45) is 5.55. The van der Waals surface area contributed by atoms with Crippen LogP contribution in [0.4, 0.5) is 8.78 Å². The highest BCUT2D eigenvalue weighted by molar-refractivity contribution is 5.84. The van der Waals surface area contributed by atoms with Crippen LogP contribution in [-0.2, 0) is 4.79 Å². The van der Waals surface area contributed by atoms with Crippen molar-refractivity contribution in [1.29, 1.82) is 0 Å². The maximum absolute atomic E-state index is 14.3. The van der Waals surface area contributed by atoms with Gasteiger partial charge in [-0.05, 0) is 44.7 Å². The molecular formula is C17H30F2N2O2. The summed E-state index contributed by atoms with van der Waals surface area (Å²) in [4.78, 5) is 14.3. The maximum Gasteiger partial charge on any atom is 0.352 e. The van der Waals surface area contributed by atoms with Gasteiger partial charge < -0.3 is 15.3 Å². The third-order valence-electron chi connectivity index (χ3n) is 5.18. The number of halogens is 2. The molecule has 2 fully saturated rings. The zero-order valence-electron chi connectivity index (χ0n) is 14.1. The molecule has 0 bridgehead atoms. The number of carbonyl (C=O) groups is 1. The van der Waals surface area contributed by atoms with Crippen molar-refractivity contribution in [3.05, 3.63) is 0 Å². The Bertz CT molecular complexity index is 392. The first kappa shape index (κ1) is 18.6. The van der Waals surface area contributed by atoms with Gasteiger partial charge in [0.2, 0.25) is 0 Å². The summed E-state index contributed by atoms with van der Waals surface area (Å²) in [5.74, 6) is -4.92. The SMILES string of the molecule is C[C@H](CNC(=O)C(F)(F)C1(O)CCCCC1)CN1CCCCC1. The van der Waals surface area contributed by atoms with Gasteiger partial charge in [-0.25, -0.2) is 0 Å². The highest BCUT2D eigenvalue weighted by Crippen LogP contribution is 2.40. The summed E-state index contributed by atoms with van der Waals surface area (Å²) in [6, 6.07) is 0. The molecule has 1 aliphatic heterocycles. The lowest BCUT2D eigenvalue weighted by molar-refractivity contribution is -0.201. The van der Waals surface area contributed by atoms with Crippen LogP contribution < -0.4 is 5.32 Å². The highest BCUT2D eigenvalue weighted by atomic mass is 19.3. The molecule has 1 saturated heterocycles. The Balaban J connectivity index is 1.80. The van der Waals surface area contributed by atoms with Crippen LogP contribution in [0.2, 0.25) is 0 Å². The van der Waals surface area contributed by atoms with Gasteiger partial charge in [-0.1, -0.05) is 32.6 Å². The van der Waals surface area contributed by atoms with Gasteiger partial charge >= 0.3 is 5.92 Å². The topological polar surface area (TPSA) is 52.6 Å². The van der Waals surface area contributed by atoms with Crippen LogP contribution in [0.3, 0.4) is 0 Å². The van der Waals surface area contributed by atoms with Gasteiger partial charge in [-0.15, -0.1) is 0 Å². The molecule has 0 aromatic heterocycles. The molecule has 23 heavy (non-hydrogen) atoms. The Labute approximate surface area is 137 Å². The van der Waals surface area contributed by atoms with Crippen molar-refractivity contribution < 1.29 is 18.7 Å². The smallest absolute Gasteiger partial charge is 0.352 e. The van der Waals surface area contributed by atoms with Crippen LogP contribution in [0.5, 0.6) is 0 Å². The summed E-state index contributed by atoms with van der Waals surface area (Å²) in [7, 11) is 0. The van der Waals surface area contributed by atoms with Crippen molar-refractivity contribution in [3.63, 3.8) is 0 Å². The summed E-state index contributed by atoms with van der Waals surface area (Å²) in [5, 5.41) is 12.5. The van der Waals surface area contributed by atoms with Crippen LogP contribution in [0.1, 0.15) is 58.3 Å². The Morgan fingerprint density at radius 3 is 2.35 bits per heavy atom. The lowest BCUT2D eigenvalue weighted by atomic mass is 9.79.